The fraction of sp³-hybridized carbons (Fsp3) is 0.500. The van der Waals surface area contributed by atoms with Crippen LogP contribution in [0.25, 0.3) is 0 Å². The van der Waals surface area contributed by atoms with Gasteiger partial charge in [-0.25, -0.2) is 0 Å². The maximum Gasteiger partial charge on any atom is 0.302 e. The number of aliphatic hydroxyl groups is 1. The van der Waals surface area contributed by atoms with E-state index in [1.807, 2.05) is 0 Å². The number of esters is 1. The minimum Gasteiger partial charge on any atom is -0.511 e. The number of carbonyl (C=O) groups is 1. The Morgan fingerprint density at radius 1 is 1.80 bits per heavy atom. The maximum absolute atomic E-state index is 10.2. The smallest absolute Gasteiger partial charge is 0.302 e. The largest absolute Gasteiger partial charge is 0.511 e. The molecule has 0 fully saturated rings. The Balaban J connectivity index is 3.29. The summed E-state index contributed by atoms with van der Waals surface area (Å²) in [5.74, 6) is -0.342. The summed E-state index contributed by atoms with van der Waals surface area (Å²) in [6, 6.07) is 0. The van der Waals surface area contributed by atoms with Gasteiger partial charge in [0.1, 0.15) is 5.76 Å². The third-order valence-electron chi connectivity index (χ3n) is 0.789. The molecular formula is C6H9ClO3. The molecule has 0 aromatic heterocycles. The van der Waals surface area contributed by atoms with E-state index in [2.05, 4.69) is 4.74 Å². The molecule has 0 amide bonds. The number of hydrogen-bond donors (Lipinski definition) is 1. The molecule has 10 heavy (non-hydrogen) atoms. The second-order valence-electron chi connectivity index (χ2n) is 1.69. The average Bonchev–Trinajstić information content (AvgIpc) is 1.87. The van der Waals surface area contributed by atoms with Crippen LogP contribution in [-0.2, 0) is 9.53 Å². The van der Waals surface area contributed by atoms with Crippen molar-refractivity contribution in [2.45, 2.75) is 13.3 Å². The number of rotatable bonds is 3. The Bertz CT molecular complexity index is 142. The summed E-state index contributed by atoms with van der Waals surface area (Å²) in [5.41, 5.74) is 1.05. The molecule has 0 aliphatic rings. The molecule has 1 N–H and O–H groups in total. The van der Waals surface area contributed by atoms with Crippen LogP contribution in [0.2, 0.25) is 0 Å². The van der Waals surface area contributed by atoms with Gasteiger partial charge in [-0.2, -0.15) is 0 Å². The number of ether oxygens (including phenoxy) is 1. The Kier molecular flexibility index (Phi) is 4.76. The van der Waals surface area contributed by atoms with Crippen LogP contribution in [0, 0.1) is 0 Å². The number of aliphatic hydroxyl groups excluding tert-OH is 1. The maximum atomic E-state index is 10.2. The van der Waals surface area contributed by atoms with Crippen molar-refractivity contribution in [3.63, 3.8) is 0 Å². The van der Waals surface area contributed by atoms with Crippen molar-refractivity contribution >= 4 is 17.6 Å². The first kappa shape index (κ1) is 9.30. The molecule has 0 aromatic carbocycles. The minimum absolute atomic E-state index is 0.0166. The Labute approximate surface area is 64.2 Å². The van der Waals surface area contributed by atoms with Crippen molar-refractivity contribution in [2.75, 3.05) is 6.61 Å². The lowest BCUT2D eigenvalue weighted by Gasteiger charge is -1.98. The topological polar surface area (TPSA) is 46.5 Å². The van der Waals surface area contributed by atoms with Crippen molar-refractivity contribution in [3.05, 3.63) is 11.3 Å². The molecule has 0 saturated carbocycles. The molecule has 58 valence electrons. The first-order chi connectivity index (χ1) is 4.66. The Morgan fingerprint density at radius 3 is 2.80 bits per heavy atom. The highest BCUT2D eigenvalue weighted by molar-refractivity contribution is 6.25. The summed E-state index contributed by atoms with van der Waals surface area (Å²) in [5, 5.41) is 8.71. The van der Waals surface area contributed by atoms with Crippen molar-refractivity contribution in [3.8, 4) is 0 Å². The SMILES string of the molecule is CC(=O)OCCC(O)=CCl. The van der Waals surface area contributed by atoms with Crippen LogP contribution in [-0.4, -0.2) is 17.7 Å². The van der Waals surface area contributed by atoms with Crippen LogP contribution in [0.5, 0.6) is 0 Å². The molecule has 0 radical (unpaired) electrons. The van der Waals surface area contributed by atoms with Gasteiger partial charge in [-0.3, -0.25) is 4.79 Å². The first-order valence-electron chi connectivity index (χ1n) is 2.78. The number of halogens is 1. The van der Waals surface area contributed by atoms with E-state index < -0.39 is 0 Å². The van der Waals surface area contributed by atoms with Gasteiger partial charge in [-0.15, -0.1) is 0 Å². The van der Waals surface area contributed by atoms with Gasteiger partial charge in [0.05, 0.1) is 6.61 Å². The van der Waals surface area contributed by atoms with E-state index >= 15 is 0 Å². The quantitative estimate of drug-likeness (QED) is 0.509. The van der Waals surface area contributed by atoms with Crippen molar-refractivity contribution < 1.29 is 14.6 Å². The summed E-state index contributed by atoms with van der Waals surface area (Å²) >= 11 is 5.11. The normalized spacial score (nSPS) is 11.2. The van der Waals surface area contributed by atoms with E-state index in [-0.39, 0.29) is 24.8 Å². The Hall–Kier alpha value is -0.700. The highest BCUT2D eigenvalue weighted by Gasteiger charge is 1.94. The summed E-state index contributed by atoms with van der Waals surface area (Å²) < 4.78 is 4.52. The van der Waals surface area contributed by atoms with Crippen LogP contribution in [0.1, 0.15) is 13.3 Å². The predicted octanol–water partition coefficient (Wildman–Crippen LogP) is 1.58. The first-order valence-corrected chi connectivity index (χ1v) is 3.22. The van der Waals surface area contributed by atoms with E-state index in [1.54, 1.807) is 0 Å². The number of hydrogen-bond acceptors (Lipinski definition) is 3. The number of carbonyl (C=O) groups excluding carboxylic acids is 1. The molecule has 0 heterocycles. The molecule has 0 aliphatic carbocycles. The van der Waals surface area contributed by atoms with Gasteiger partial charge in [0.15, 0.2) is 0 Å². The van der Waals surface area contributed by atoms with Crippen LogP contribution < -0.4 is 0 Å². The molecule has 0 aliphatic heterocycles. The molecule has 0 rings (SSSR count). The lowest BCUT2D eigenvalue weighted by molar-refractivity contribution is -0.140. The van der Waals surface area contributed by atoms with E-state index in [9.17, 15) is 4.79 Å². The predicted molar refractivity (Wildman–Crippen MR) is 37.8 cm³/mol. The summed E-state index contributed by atoms with van der Waals surface area (Å²) in [7, 11) is 0. The van der Waals surface area contributed by atoms with Gasteiger partial charge in [0.2, 0.25) is 0 Å². The zero-order valence-electron chi connectivity index (χ0n) is 5.63. The molecule has 4 heteroatoms. The molecule has 0 bridgehead atoms. The van der Waals surface area contributed by atoms with Gasteiger partial charge in [0.25, 0.3) is 0 Å². The fourth-order valence-corrected chi connectivity index (χ4v) is 0.463. The lowest BCUT2D eigenvalue weighted by Crippen LogP contribution is -2.00. The van der Waals surface area contributed by atoms with Gasteiger partial charge in [-0.05, 0) is 0 Å². The molecule has 0 atom stereocenters. The van der Waals surface area contributed by atoms with Crippen molar-refractivity contribution in [1.82, 2.24) is 0 Å². The highest BCUT2D eigenvalue weighted by Crippen LogP contribution is 1.97. The van der Waals surface area contributed by atoms with E-state index in [1.165, 1.54) is 6.92 Å². The highest BCUT2D eigenvalue weighted by atomic mass is 35.5. The van der Waals surface area contributed by atoms with Gasteiger partial charge >= 0.3 is 5.97 Å². The van der Waals surface area contributed by atoms with Crippen molar-refractivity contribution in [1.29, 1.82) is 0 Å². The molecule has 0 saturated heterocycles. The second-order valence-corrected chi connectivity index (χ2v) is 1.91. The van der Waals surface area contributed by atoms with E-state index in [4.69, 9.17) is 16.7 Å². The standard InChI is InChI=1S/C6H9ClO3/c1-5(8)10-3-2-6(9)4-7/h4,9H,2-3H2,1H3. The molecule has 0 unspecified atom stereocenters. The molecular weight excluding hydrogens is 156 g/mol. The summed E-state index contributed by atoms with van der Waals surface area (Å²) in [6.07, 6.45) is 0.267. The third kappa shape index (κ3) is 5.44. The van der Waals surface area contributed by atoms with Crippen LogP contribution in [0.15, 0.2) is 11.3 Å². The third-order valence-corrected chi connectivity index (χ3v) is 1.04. The molecule has 0 aromatic rings. The average molecular weight is 165 g/mol. The monoisotopic (exact) mass is 164 g/mol. The van der Waals surface area contributed by atoms with Crippen LogP contribution in [0.4, 0.5) is 0 Å². The van der Waals surface area contributed by atoms with E-state index in [0.29, 0.717) is 0 Å². The minimum atomic E-state index is -0.359. The van der Waals surface area contributed by atoms with E-state index in [0.717, 1.165) is 5.54 Å². The van der Waals surface area contributed by atoms with Gasteiger partial charge in [0, 0.05) is 18.9 Å². The molecule has 3 nitrogen and oxygen atoms in total. The van der Waals surface area contributed by atoms with Gasteiger partial charge < -0.3 is 9.84 Å². The summed E-state index contributed by atoms with van der Waals surface area (Å²) in [4.78, 5) is 10.2. The Morgan fingerprint density at radius 2 is 2.40 bits per heavy atom. The fourth-order valence-electron chi connectivity index (χ4n) is 0.354. The second kappa shape index (κ2) is 5.11. The van der Waals surface area contributed by atoms with Crippen LogP contribution in [0.3, 0.4) is 0 Å². The zero-order chi connectivity index (χ0) is 7.98. The zero-order valence-corrected chi connectivity index (χ0v) is 6.39. The molecule has 0 spiro atoms. The van der Waals surface area contributed by atoms with Gasteiger partial charge in [-0.1, -0.05) is 11.6 Å². The van der Waals surface area contributed by atoms with Crippen LogP contribution >= 0.6 is 11.6 Å². The van der Waals surface area contributed by atoms with Crippen molar-refractivity contribution in [2.24, 2.45) is 0 Å². The summed E-state index contributed by atoms with van der Waals surface area (Å²) in [6.45, 7) is 1.48. The lowest BCUT2D eigenvalue weighted by atomic mass is 10.4.